The molecule has 1 aliphatic heterocycles. The molecule has 0 spiro atoms. The first kappa shape index (κ1) is 16.6. The third-order valence-electron chi connectivity index (χ3n) is 3.46. The van der Waals surface area contributed by atoms with Gasteiger partial charge in [-0.1, -0.05) is 48.0 Å². The van der Waals surface area contributed by atoms with Crippen molar-refractivity contribution in [2.45, 2.75) is 6.92 Å². The van der Waals surface area contributed by atoms with Gasteiger partial charge >= 0.3 is 0 Å². The second-order valence-corrected chi connectivity index (χ2v) is 6.80. The van der Waals surface area contributed by atoms with Crippen LogP contribution in [0.25, 0.3) is 6.08 Å². The highest BCUT2D eigenvalue weighted by molar-refractivity contribution is 8.19. The van der Waals surface area contributed by atoms with E-state index in [0.717, 1.165) is 11.1 Å². The van der Waals surface area contributed by atoms with Crippen molar-refractivity contribution in [1.29, 1.82) is 5.41 Å². The lowest BCUT2D eigenvalue weighted by atomic mass is 10.1. The Morgan fingerprint density at radius 3 is 2.46 bits per heavy atom. The van der Waals surface area contributed by atoms with E-state index in [1.807, 2.05) is 49.4 Å². The van der Waals surface area contributed by atoms with Crippen molar-refractivity contribution in [2.75, 3.05) is 4.90 Å². The van der Waals surface area contributed by atoms with Crippen LogP contribution >= 0.6 is 23.4 Å². The molecule has 2 aromatic rings. The number of hydrogen-bond donors (Lipinski definition) is 1. The molecule has 0 radical (unpaired) electrons. The van der Waals surface area contributed by atoms with Crippen LogP contribution < -0.4 is 4.90 Å². The van der Waals surface area contributed by atoms with Gasteiger partial charge in [-0.05, 0) is 60.2 Å². The Balaban J connectivity index is 1.85. The van der Waals surface area contributed by atoms with Crippen LogP contribution in [0.3, 0.4) is 0 Å². The Kier molecular flexibility index (Phi) is 4.88. The minimum Gasteiger partial charge on any atom is -0.278 e. The van der Waals surface area contributed by atoms with Crippen LogP contribution in [0.2, 0.25) is 5.02 Å². The molecule has 5 heteroatoms. The van der Waals surface area contributed by atoms with Crippen LogP contribution in [0, 0.1) is 5.41 Å². The van der Waals surface area contributed by atoms with Gasteiger partial charge in [0.25, 0.3) is 5.91 Å². The molecule has 1 heterocycles. The number of nitrogens with one attached hydrogen (secondary N) is 1. The summed E-state index contributed by atoms with van der Waals surface area (Å²) in [5.74, 6) is -0.187. The highest BCUT2D eigenvalue weighted by atomic mass is 35.5. The van der Waals surface area contributed by atoms with Crippen LogP contribution in [0.1, 0.15) is 12.5 Å². The first-order valence-electron chi connectivity index (χ1n) is 7.36. The highest BCUT2D eigenvalue weighted by Gasteiger charge is 2.33. The lowest BCUT2D eigenvalue weighted by Crippen LogP contribution is -2.28. The van der Waals surface area contributed by atoms with Gasteiger partial charge in [0.1, 0.15) is 0 Å². The molecule has 0 aliphatic carbocycles. The average Bonchev–Trinajstić information content (AvgIpc) is 2.83. The zero-order valence-corrected chi connectivity index (χ0v) is 14.6. The van der Waals surface area contributed by atoms with Crippen molar-refractivity contribution in [3.63, 3.8) is 0 Å². The highest BCUT2D eigenvalue weighted by Crippen LogP contribution is 2.35. The molecule has 1 fully saturated rings. The second kappa shape index (κ2) is 7.07. The van der Waals surface area contributed by atoms with E-state index in [0.29, 0.717) is 15.6 Å². The van der Waals surface area contributed by atoms with Crippen LogP contribution in [-0.4, -0.2) is 11.1 Å². The van der Waals surface area contributed by atoms with Crippen molar-refractivity contribution < 1.29 is 4.79 Å². The Morgan fingerprint density at radius 1 is 1.12 bits per heavy atom. The standard InChI is InChI=1S/C19H15ClN2OS/c1-13(11-14-5-3-2-4-6-14)12-17-18(23)22(19(21)24-17)16-9-7-15(20)8-10-16/h2-12,21H,1H3/b13-11+,17-12-,21-19?. The number of carbonyl (C=O) groups excluding carboxylic acids is 1. The maximum Gasteiger partial charge on any atom is 0.271 e. The van der Waals surface area contributed by atoms with Gasteiger partial charge in [0.2, 0.25) is 0 Å². The molecule has 24 heavy (non-hydrogen) atoms. The fraction of sp³-hybridized carbons (Fsp3) is 0.0526. The van der Waals surface area contributed by atoms with Gasteiger partial charge in [-0.2, -0.15) is 0 Å². The fourth-order valence-electron chi connectivity index (χ4n) is 2.37. The minimum absolute atomic E-state index is 0.187. The van der Waals surface area contributed by atoms with E-state index in [4.69, 9.17) is 17.0 Å². The molecule has 3 nitrogen and oxygen atoms in total. The zero-order valence-electron chi connectivity index (χ0n) is 13.0. The van der Waals surface area contributed by atoms with Crippen molar-refractivity contribution >= 4 is 46.2 Å². The van der Waals surface area contributed by atoms with Gasteiger partial charge in [0.05, 0.1) is 10.6 Å². The summed E-state index contributed by atoms with van der Waals surface area (Å²) < 4.78 is 0. The van der Waals surface area contributed by atoms with E-state index in [1.54, 1.807) is 24.3 Å². The maximum absolute atomic E-state index is 12.6. The quantitative estimate of drug-likeness (QED) is 0.756. The molecular formula is C19H15ClN2OS. The number of carbonyl (C=O) groups is 1. The molecule has 0 aromatic heterocycles. The Bertz CT molecular complexity index is 841. The summed E-state index contributed by atoms with van der Waals surface area (Å²) in [4.78, 5) is 14.6. The summed E-state index contributed by atoms with van der Waals surface area (Å²) in [6.07, 6.45) is 3.83. The fourth-order valence-corrected chi connectivity index (χ4v) is 3.41. The SMILES string of the molecule is CC(/C=C1\SC(=N)N(c2ccc(Cl)cc2)C1=O)=C\c1ccccc1. The van der Waals surface area contributed by atoms with E-state index < -0.39 is 0 Å². The largest absolute Gasteiger partial charge is 0.278 e. The topological polar surface area (TPSA) is 44.2 Å². The Labute approximate surface area is 150 Å². The number of rotatable bonds is 3. The predicted molar refractivity (Wildman–Crippen MR) is 102 cm³/mol. The number of anilines is 1. The summed E-state index contributed by atoms with van der Waals surface area (Å²) in [5.41, 5.74) is 2.68. The van der Waals surface area contributed by atoms with Crippen LogP contribution in [-0.2, 0) is 4.79 Å². The van der Waals surface area contributed by atoms with Crippen LogP contribution in [0.15, 0.2) is 71.2 Å². The van der Waals surface area contributed by atoms with Gasteiger partial charge in [-0.25, -0.2) is 0 Å². The van der Waals surface area contributed by atoms with E-state index in [9.17, 15) is 4.79 Å². The normalized spacial score (nSPS) is 17.0. The predicted octanol–water partition coefficient (Wildman–Crippen LogP) is 5.34. The Morgan fingerprint density at radius 2 is 1.79 bits per heavy atom. The first-order valence-corrected chi connectivity index (χ1v) is 8.55. The van der Waals surface area contributed by atoms with Gasteiger partial charge in [0.15, 0.2) is 5.17 Å². The number of nitrogens with zero attached hydrogens (tertiary/aromatic N) is 1. The van der Waals surface area contributed by atoms with Gasteiger partial charge in [0, 0.05) is 5.02 Å². The molecule has 1 N–H and O–H groups in total. The van der Waals surface area contributed by atoms with Crippen molar-refractivity contribution in [3.8, 4) is 0 Å². The Hall–Kier alpha value is -2.30. The molecule has 120 valence electrons. The zero-order chi connectivity index (χ0) is 17.1. The number of hydrogen-bond acceptors (Lipinski definition) is 3. The third-order valence-corrected chi connectivity index (χ3v) is 4.60. The lowest BCUT2D eigenvalue weighted by molar-refractivity contribution is -0.113. The summed E-state index contributed by atoms with van der Waals surface area (Å²) in [5, 5.41) is 8.89. The average molecular weight is 355 g/mol. The molecule has 0 bridgehead atoms. The van der Waals surface area contributed by atoms with Crippen molar-refractivity contribution in [3.05, 3.63) is 81.7 Å². The first-order chi connectivity index (χ1) is 11.5. The molecular weight excluding hydrogens is 340 g/mol. The third kappa shape index (κ3) is 3.61. The number of amides is 1. The van der Waals surface area contributed by atoms with Crippen molar-refractivity contribution in [2.24, 2.45) is 0 Å². The molecule has 0 atom stereocenters. The van der Waals surface area contributed by atoms with Gasteiger partial charge in [-0.15, -0.1) is 0 Å². The smallest absolute Gasteiger partial charge is 0.271 e. The number of amidine groups is 1. The molecule has 2 aromatic carbocycles. The van der Waals surface area contributed by atoms with Gasteiger partial charge in [-0.3, -0.25) is 15.1 Å². The van der Waals surface area contributed by atoms with Crippen molar-refractivity contribution in [1.82, 2.24) is 0 Å². The van der Waals surface area contributed by atoms with E-state index >= 15 is 0 Å². The summed E-state index contributed by atoms with van der Waals surface area (Å²) in [7, 11) is 0. The summed E-state index contributed by atoms with van der Waals surface area (Å²) in [6.45, 7) is 1.95. The summed E-state index contributed by atoms with van der Waals surface area (Å²) >= 11 is 7.05. The van der Waals surface area contributed by atoms with Crippen LogP contribution in [0.5, 0.6) is 0 Å². The lowest BCUT2D eigenvalue weighted by Gasteiger charge is -2.14. The number of benzene rings is 2. The number of halogens is 1. The van der Waals surface area contributed by atoms with E-state index in [1.165, 1.54) is 16.7 Å². The molecule has 0 saturated carbocycles. The second-order valence-electron chi connectivity index (χ2n) is 5.33. The minimum atomic E-state index is -0.187. The molecule has 0 unspecified atom stereocenters. The molecule has 1 amide bonds. The van der Waals surface area contributed by atoms with E-state index in [-0.39, 0.29) is 11.1 Å². The monoisotopic (exact) mass is 354 g/mol. The number of thioether (sulfide) groups is 1. The molecule has 1 saturated heterocycles. The van der Waals surface area contributed by atoms with Gasteiger partial charge < -0.3 is 0 Å². The molecule has 1 aliphatic rings. The molecule has 3 rings (SSSR count). The number of allylic oxidation sites excluding steroid dienone is 2. The van der Waals surface area contributed by atoms with E-state index in [2.05, 4.69) is 0 Å². The van der Waals surface area contributed by atoms with Crippen LogP contribution in [0.4, 0.5) is 5.69 Å². The maximum atomic E-state index is 12.6. The summed E-state index contributed by atoms with van der Waals surface area (Å²) in [6, 6.07) is 16.8.